The topological polar surface area (TPSA) is 53.9 Å². The van der Waals surface area contributed by atoms with Crippen LogP contribution in [0.4, 0.5) is 0 Å². The van der Waals surface area contributed by atoms with Crippen LogP contribution in [0.15, 0.2) is 4.99 Å². The summed E-state index contributed by atoms with van der Waals surface area (Å²) in [5.41, 5.74) is 0.600. The second kappa shape index (κ2) is 6.95. The van der Waals surface area contributed by atoms with Gasteiger partial charge >= 0.3 is 5.97 Å². The van der Waals surface area contributed by atoms with Gasteiger partial charge in [0.15, 0.2) is 5.96 Å². The highest BCUT2D eigenvalue weighted by atomic mass is 16.5. The fourth-order valence-electron chi connectivity index (χ4n) is 3.23. The van der Waals surface area contributed by atoms with Crippen LogP contribution in [0.25, 0.3) is 0 Å². The molecule has 1 N–H and O–H groups in total. The monoisotopic (exact) mass is 281 g/mol. The van der Waals surface area contributed by atoms with Crippen molar-refractivity contribution in [2.24, 2.45) is 10.4 Å². The Bertz CT molecular complexity index is 364. The first-order valence-electron chi connectivity index (χ1n) is 7.71. The zero-order valence-electron chi connectivity index (χ0n) is 12.8. The molecule has 0 atom stereocenters. The van der Waals surface area contributed by atoms with Gasteiger partial charge < -0.3 is 15.0 Å². The van der Waals surface area contributed by atoms with Crippen molar-refractivity contribution in [1.82, 2.24) is 10.2 Å². The molecule has 1 saturated carbocycles. The van der Waals surface area contributed by atoms with E-state index in [4.69, 9.17) is 0 Å². The molecular formula is C15H27N3O2. The van der Waals surface area contributed by atoms with Gasteiger partial charge in [0.25, 0.3) is 0 Å². The highest BCUT2D eigenvalue weighted by molar-refractivity contribution is 5.80. The van der Waals surface area contributed by atoms with Gasteiger partial charge in [0.2, 0.25) is 0 Å². The molecule has 1 aliphatic heterocycles. The van der Waals surface area contributed by atoms with Crippen LogP contribution in [0.3, 0.4) is 0 Å². The number of esters is 1. The lowest BCUT2D eigenvalue weighted by atomic mass is 9.68. The van der Waals surface area contributed by atoms with Gasteiger partial charge in [0.05, 0.1) is 7.11 Å². The van der Waals surface area contributed by atoms with E-state index in [9.17, 15) is 4.79 Å². The van der Waals surface area contributed by atoms with Gasteiger partial charge in [-0.25, -0.2) is 0 Å². The molecule has 0 radical (unpaired) electrons. The number of unbranched alkanes of at least 4 members (excludes halogenated alkanes) is 1. The van der Waals surface area contributed by atoms with E-state index in [1.165, 1.54) is 32.8 Å². The predicted octanol–water partition coefficient (Wildman–Crippen LogP) is 1.78. The molecule has 5 heteroatoms. The van der Waals surface area contributed by atoms with Crippen molar-refractivity contribution in [3.05, 3.63) is 0 Å². The Morgan fingerprint density at radius 1 is 1.35 bits per heavy atom. The lowest BCUT2D eigenvalue weighted by Crippen LogP contribution is -2.42. The quantitative estimate of drug-likeness (QED) is 0.361. The van der Waals surface area contributed by atoms with Gasteiger partial charge in [-0.2, -0.15) is 0 Å². The number of nitrogens with zero attached hydrogens (tertiary/aromatic N) is 2. The first-order valence-corrected chi connectivity index (χ1v) is 7.71. The van der Waals surface area contributed by atoms with Crippen molar-refractivity contribution in [2.75, 3.05) is 33.8 Å². The highest BCUT2D eigenvalue weighted by Crippen LogP contribution is 2.47. The van der Waals surface area contributed by atoms with Gasteiger partial charge in [-0.3, -0.25) is 9.79 Å². The summed E-state index contributed by atoms with van der Waals surface area (Å²) in [5, 5.41) is 3.41. The summed E-state index contributed by atoms with van der Waals surface area (Å²) in [4.78, 5) is 17.8. The molecule has 1 spiro atoms. The number of carbonyl (C=O) groups is 1. The van der Waals surface area contributed by atoms with Crippen LogP contribution in [0.5, 0.6) is 0 Å². The summed E-state index contributed by atoms with van der Waals surface area (Å²) in [6.45, 7) is 3.16. The number of hydrogen-bond donors (Lipinski definition) is 1. The predicted molar refractivity (Wildman–Crippen MR) is 79.7 cm³/mol. The minimum atomic E-state index is -0.124. The lowest BCUT2D eigenvalue weighted by molar-refractivity contribution is -0.140. The molecule has 5 nitrogen and oxygen atoms in total. The third-order valence-corrected chi connectivity index (χ3v) is 4.68. The molecule has 20 heavy (non-hydrogen) atoms. The van der Waals surface area contributed by atoms with E-state index in [2.05, 4.69) is 19.9 Å². The smallest absolute Gasteiger partial charge is 0.305 e. The number of rotatable bonds is 5. The lowest BCUT2D eigenvalue weighted by Gasteiger charge is -2.38. The Labute approximate surface area is 121 Å². The fraction of sp³-hybridized carbons (Fsp3) is 0.867. The molecule has 2 rings (SSSR count). The maximum Gasteiger partial charge on any atom is 0.305 e. The SMILES string of the molecule is CN=C(NCCCCC(=O)OC)N1CCC2(CCC2)C1. The van der Waals surface area contributed by atoms with Crippen LogP contribution in [-0.2, 0) is 9.53 Å². The number of nitrogens with one attached hydrogen (secondary N) is 1. The summed E-state index contributed by atoms with van der Waals surface area (Å²) in [7, 11) is 3.29. The second-order valence-electron chi connectivity index (χ2n) is 6.03. The Morgan fingerprint density at radius 2 is 2.15 bits per heavy atom. The van der Waals surface area contributed by atoms with Crippen LogP contribution >= 0.6 is 0 Å². The van der Waals surface area contributed by atoms with Crippen molar-refractivity contribution in [3.63, 3.8) is 0 Å². The van der Waals surface area contributed by atoms with Crippen LogP contribution in [0.1, 0.15) is 44.9 Å². The molecule has 1 heterocycles. The number of ether oxygens (including phenoxy) is 1. The summed E-state index contributed by atoms with van der Waals surface area (Å²) in [5.74, 6) is 0.896. The zero-order chi connectivity index (χ0) is 14.4. The molecule has 1 aliphatic carbocycles. The average molecular weight is 281 g/mol. The number of aliphatic imine (C=N–C) groups is 1. The summed E-state index contributed by atoms with van der Waals surface area (Å²) in [6.07, 6.45) is 7.82. The molecule has 0 amide bonds. The van der Waals surface area contributed by atoms with Gasteiger partial charge in [0, 0.05) is 33.1 Å². The number of likely N-dealkylation sites (tertiary alicyclic amines) is 1. The third kappa shape index (κ3) is 3.64. The Kier molecular flexibility index (Phi) is 5.26. The van der Waals surface area contributed by atoms with Crippen molar-refractivity contribution < 1.29 is 9.53 Å². The van der Waals surface area contributed by atoms with E-state index in [0.717, 1.165) is 38.4 Å². The van der Waals surface area contributed by atoms with Crippen molar-refractivity contribution in [1.29, 1.82) is 0 Å². The molecule has 2 aliphatic rings. The van der Waals surface area contributed by atoms with Gasteiger partial charge in [-0.15, -0.1) is 0 Å². The van der Waals surface area contributed by atoms with Crippen molar-refractivity contribution in [3.8, 4) is 0 Å². The normalized spacial score (nSPS) is 20.9. The van der Waals surface area contributed by atoms with Crippen LogP contribution < -0.4 is 5.32 Å². The largest absolute Gasteiger partial charge is 0.469 e. The van der Waals surface area contributed by atoms with Crippen LogP contribution in [0.2, 0.25) is 0 Å². The third-order valence-electron chi connectivity index (χ3n) is 4.68. The van der Waals surface area contributed by atoms with Crippen molar-refractivity contribution >= 4 is 11.9 Å². The number of hydrogen-bond acceptors (Lipinski definition) is 3. The van der Waals surface area contributed by atoms with Gasteiger partial charge in [-0.05, 0) is 37.5 Å². The van der Waals surface area contributed by atoms with E-state index in [1.807, 2.05) is 7.05 Å². The standard InChI is InChI=1S/C15H27N3O2/c1-16-14(17-10-4-3-6-13(19)20-2)18-11-9-15(12-18)7-5-8-15/h3-12H2,1-2H3,(H,16,17). The van der Waals surface area contributed by atoms with Gasteiger partial charge in [-0.1, -0.05) is 6.42 Å². The van der Waals surface area contributed by atoms with Crippen molar-refractivity contribution in [2.45, 2.75) is 44.9 Å². The van der Waals surface area contributed by atoms with Gasteiger partial charge in [0.1, 0.15) is 0 Å². The molecule has 0 bridgehead atoms. The molecule has 0 aromatic rings. The molecule has 1 saturated heterocycles. The van der Waals surface area contributed by atoms with E-state index in [1.54, 1.807) is 0 Å². The first-order chi connectivity index (χ1) is 9.69. The average Bonchev–Trinajstić information content (AvgIpc) is 2.88. The highest BCUT2D eigenvalue weighted by Gasteiger charge is 2.43. The molecule has 114 valence electrons. The molecule has 0 unspecified atom stereocenters. The fourth-order valence-corrected chi connectivity index (χ4v) is 3.23. The molecule has 2 fully saturated rings. The number of carbonyl (C=O) groups excluding carboxylic acids is 1. The van der Waals surface area contributed by atoms with Crippen LogP contribution in [-0.4, -0.2) is 50.6 Å². The van der Waals surface area contributed by atoms with E-state index in [-0.39, 0.29) is 5.97 Å². The number of guanidine groups is 1. The van der Waals surface area contributed by atoms with E-state index in [0.29, 0.717) is 11.8 Å². The van der Waals surface area contributed by atoms with E-state index >= 15 is 0 Å². The second-order valence-corrected chi connectivity index (χ2v) is 6.03. The Hall–Kier alpha value is -1.26. The molecular weight excluding hydrogens is 254 g/mol. The maximum atomic E-state index is 11.0. The summed E-state index contributed by atoms with van der Waals surface area (Å²) >= 11 is 0. The molecule has 0 aromatic carbocycles. The number of methoxy groups -OCH3 is 1. The zero-order valence-corrected chi connectivity index (χ0v) is 12.8. The van der Waals surface area contributed by atoms with Crippen LogP contribution in [0, 0.1) is 5.41 Å². The minimum absolute atomic E-state index is 0.124. The maximum absolute atomic E-state index is 11.0. The Morgan fingerprint density at radius 3 is 2.70 bits per heavy atom. The van der Waals surface area contributed by atoms with E-state index < -0.39 is 0 Å². The Balaban J connectivity index is 1.64. The minimum Gasteiger partial charge on any atom is -0.469 e. The summed E-state index contributed by atoms with van der Waals surface area (Å²) < 4.78 is 4.63. The molecule has 0 aromatic heterocycles. The summed E-state index contributed by atoms with van der Waals surface area (Å²) in [6, 6.07) is 0. The first kappa shape index (κ1) is 15.1.